The van der Waals surface area contributed by atoms with Gasteiger partial charge in [-0.25, -0.2) is 9.78 Å². The minimum atomic E-state index is -1.05. The summed E-state index contributed by atoms with van der Waals surface area (Å²) in [6.45, 7) is 2.06. The van der Waals surface area contributed by atoms with Gasteiger partial charge in [-0.15, -0.1) is 23.1 Å². The van der Waals surface area contributed by atoms with Gasteiger partial charge in [-0.05, 0) is 37.4 Å². The number of carboxylic acid groups (broad SMARTS) is 1. The Bertz CT molecular complexity index is 700. The standard InChI is InChI=1S/C16H18N2O4S2/c1-10(22-11-3-5-12(23-2)6-4-11)15(19)17-8-7-14-18-13(9-24-14)16(20)21/h3-6,9-10H,7-8H2,1-2H3,(H,17,19)(H,20,21). The Hall–Kier alpha value is -2.06. The molecule has 0 fully saturated rings. The van der Waals surface area contributed by atoms with Crippen LogP contribution in [0.3, 0.4) is 0 Å². The normalized spacial score (nSPS) is 11.8. The third kappa shape index (κ3) is 5.24. The molecular formula is C16H18N2O4S2. The first-order valence-corrected chi connectivity index (χ1v) is 9.36. The molecule has 24 heavy (non-hydrogen) atoms. The molecule has 1 aromatic carbocycles. The van der Waals surface area contributed by atoms with E-state index in [9.17, 15) is 9.59 Å². The number of aromatic nitrogens is 1. The van der Waals surface area contributed by atoms with Gasteiger partial charge in [-0.3, -0.25) is 4.79 Å². The average Bonchev–Trinajstić information content (AvgIpc) is 3.04. The number of thioether (sulfide) groups is 1. The molecule has 1 amide bonds. The predicted molar refractivity (Wildman–Crippen MR) is 94.1 cm³/mol. The Morgan fingerprint density at radius 2 is 2.08 bits per heavy atom. The number of hydrogen-bond donors (Lipinski definition) is 2. The van der Waals surface area contributed by atoms with Gasteiger partial charge in [0.05, 0.1) is 5.01 Å². The Morgan fingerprint density at radius 1 is 1.38 bits per heavy atom. The number of carbonyl (C=O) groups is 2. The van der Waals surface area contributed by atoms with E-state index in [4.69, 9.17) is 9.84 Å². The van der Waals surface area contributed by atoms with Crippen LogP contribution >= 0.6 is 23.1 Å². The third-order valence-electron chi connectivity index (χ3n) is 3.15. The Morgan fingerprint density at radius 3 is 2.67 bits per heavy atom. The molecule has 1 atom stereocenters. The molecule has 0 aliphatic rings. The van der Waals surface area contributed by atoms with Crippen LogP contribution in [0.15, 0.2) is 34.5 Å². The summed E-state index contributed by atoms with van der Waals surface area (Å²) in [6, 6.07) is 7.54. The zero-order valence-corrected chi connectivity index (χ0v) is 14.9. The summed E-state index contributed by atoms with van der Waals surface area (Å²) in [7, 11) is 0. The largest absolute Gasteiger partial charge is 0.481 e. The summed E-state index contributed by atoms with van der Waals surface area (Å²) < 4.78 is 5.60. The molecule has 128 valence electrons. The molecule has 0 aliphatic heterocycles. The second-order valence-electron chi connectivity index (χ2n) is 4.91. The zero-order chi connectivity index (χ0) is 17.5. The van der Waals surface area contributed by atoms with Gasteiger partial charge >= 0.3 is 5.97 Å². The molecule has 0 saturated carbocycles. The molecule has 2 rings (SSSR count). The van der Waals surface area contributed by atoms with E-state index in [1.54, 1.807) is 18.7 Å². The van der Waals surface area contributed by atoms with Crippen molar-refractivity contribution < 1.29 is 19.4 Å². The second kappa shape index (κ2) is 8.70. The van der Waals surface area contributed by atoms with Crippen LogP contribution in [0.2, 0.25) is 0 Å². The lowest BCUT2D eigenvalue weighted by Gasteiger charge is -2.14. The lowest BCUT2D eigenvalue weighted by atomic mass is 10.3. The van der Waals surface area contributed by atoms with Crippen molar-refractivity contribution >= 4 is 35.0 Å². The van der Waals surface area contributed by atoms with Crippen LogP contribution in [0.25, 0.3) is 0 Å². The molecule has 6 nitrogen and oxygen atoms in total. The van der Waals surface area contributed by atoms with Gasteiger partial charge in [0, 0.05) is 23.2 Å². The van der Waals surface area contributed by atoms with Crippen LogP contribution in [0.1, 0.15) is 22.4 Å². The van der Waals surface area contributed by atoms with E-state index in [1.807, 2.05) is 30.5 Å². The van der Waals surface area contributed by atoms with Gasteiger partial charge in [0.15, 0.2) is 11.8 Å². The van der Waals surface area contributed by atoms with Gasteiger partial charge in [-0.2, -0.15) is 0 Å². The lowest BCUT2D eigenvalue weighted by molar-refractivity contribution is -0.127. The maximum absolute atomic E-state index is 12.0. The van der Waals surface area contributed by atoms with E-state index in [0.717, 1.165) is 4.90 Å². The number of benzene rings is 1. The zero-order valence-electron chi connectivity index (χ0n) is 13.3. The molecule has 0 bridgehead atoms. The number of rotatable bonds is 8. The molecule has 8 heteroatoms. The number of aromatic carboxylic acids is 1. The summed E-state index contributed by atoms with van der Waals surface area (Å²) in [5.41, 5.74) is 0.0340. The number of ether oxygens (including phenoxy) is 1. The topological polar surface area (TPSA) is 88.5 Å². The lowest BCUT2D eigenvalue weighted by Crippen LogP contribution is -2.37. The highest BCUT2D eigenvalue weighted by molar-refractivity contribution is 7.98. The molecule has 2 N–H and O–H groups in total. The highest BCUT2D eigenvalue weighted by Gasteiger charge is 2.15. The van der Waals surface area contributed by atoms with Gasteiger partial charge in [0.2, 0.25) is 0 Å². The molecule has 1 heterocycles. The minimum absolute atomic E-state index is 0.0340. The van der Waals surface area contributed by atoms with E-state index >= 15 is 0 Å². The van der Waals surface area contributed by atoms with Crippen molar-refractivity contribution in [3.63, 3.8) is 0 Å². The molecule has 0 aliphatic carbocycles. The van der Waals surface area contributed by atoms with Crippen molar-refractivity contribution in [1.82, 2.24) is 10.3 Å². The Kier molecular flexibility index (Phi) is 6.62. The quantitative estimate of drug-likeness (QED) is 0.699. The monoisotopic (exact) mass is 366 g/mol. The number of thiazole rings is 1. The van der Waals surface area contributed by atoms with Crippen LogP contribution < -0.4 is 10.1 Å². The number of nitrogens with one attached hydrogen (secondary N) is 1. The van der Waals surface area contributed by atoms with E-state index in [1.165, 1.54) is 16.7 Å². The van der Waals surface area contributed by atoms with Crippen LogP contribution in [0.5, 0.6) is 5.75 Å². The van der Waals surface area contributed by atoms with Gasteiger partial charge < -0.3 is 15.2 Å². The molecule has 1 unspecified atom stereocenters. The van der Waals surface area contributed by atoms with Crippen molar-refractivity contribution in [3.8, 4) is 5.75 Å². The minimum Gasteiger partial charge on any atom is -0.481 e. The first kappa shape index (κ1) is 18.3. The average molecular weight is 366 g/mol. The molecule has 0 saturated heterocycles. The van der Waals surface area contributed by atoms with Crippen molar-refractivity contribution in [2.75, 3.05) is 12.8 Å². The van der Waals surface area contributed by atoms with Gasteiger partial charge in [0.25, 0.3) is 5.91 Å². The molecule has 1 aromatic heterocycles. The fraction of sp³-hybridized carbons (Fsp3) is 0.312. The molecular weight excluding hydrogens is 348 g/mol. The summed E-state index contributed by atoms with van der Waals surface area (Å²) in [4.78, 5) is 27.9. The summed E-state index contributed by atoms with van der Waals surface area (Å²) >= 11 is 2.91. The fourth-order valence-electron chi connectivity index (χ4n) is 1.87. The third-order valence-corrected chi connectivity index (χ3v) is 4.80. The molecule has 0 radical (unpaired) electrons. The second-order valence-corrected chi connectivity index (χ2v) is 6.73. The van der Waals surface area contributed by atoms with Crippen molar-refractivity contribution in [2.24, 2.45) is 0 Å². The van der Waals surface area contributed by atoms with Crippen LogP contribution in [-0.4, -0.2) is 40.9 Å². The van der Waals surface area contributed by atoms with Crippen LogP contribution in [0.4, 0.5) is 0 Å². The van der Waals surface area contributed by atoms with Crippen LogP contribution in [-0.2, 0) is 11.2 Å². The fourth-order valence-corrected chi connectivity index (χ4v) is 3.05. The number of carboxylic acids is 1. The van der Waals surface area contributed by atoms with E-state index in [-0.39, 0.29) is 11.6 Å². The Labute approximate surface area is 148 Å². The molecule has 2 aromatic rings. The Balaban J connectivity index is 1.77. The van der Waals surface area contributed by atoms with Crippen molar-refractivity contribution in [2.45, 2.75) is 24.3 Å². The van der Waals surface area contributed by atoms with Crippen molar-refractivity contribution in [3.05, 3.63) is 40.3 Å². The SMILES string of the molecule is CSc1ccc(OC(C)C(=O)NCCc2nc(C(=O)O)cs2)cc1. The maximum atomic E-state index is 12.0. The number of hydrogen-bond acceptors (Lipinski definition) is 6. The van der Waals surface area contributed by atoms with E-state index < -0.39 is 12.1 Å². The molecule has 0 spiro atoms. The summed E-state index contributed by atoms with van der Waals surface area (Å²) in [5, 5.41) is 13.7. The van der Waals surface area contributed by atoms with Crippen LogP contribution in [0, 0.1) is 0 Å². The maximum Gasteiger partial charge on any atom is 0.355 e. The van der Waals surface area contributed by atoms with Crippen molar-refractivity contribution in [1.29, 1.82) is 0 Å². The first-order valence-electron chi connectivity index (χ1n) is 7.25. The smallest absolute Gasteiger partial charge is 0.355 e. The predicted octanol–water partition coefficient (Wildman–Crippen LogP) is 2.69. The highest BCUT2D eigenvalue weighted by Crippen LogP contribution is 2.19. The van der Waals surface area contributed by atoms with Gasteiger partial charge in [-0.1, -0.05) is 0 Å². The van der Waals surface area contributed by atoms with E-state index in [2.05, 4.69) is 10.3 Å². The van der Waals surface area contributed by atoms with Gasteiger partial charge in [0.1, 0.15) is 5.75 Å². The number of amides is 1. The number of carbonyl (C=O) groups excluding carboxylic acids is 1. The first-order chi connectivity index (χ1) is 11.5. The summed E-state index contributed by atoms with van der Waals surface area (Å²) in [5.74, 6) is -0.628. The number of nitrogens with zero attached hydrogens (tertiary/aromatic N) is 1. The highest BCUT2D eigenvalue weighted by atomic mass is 32.2. The summed E-state index contributed by atoms with van der Waals surface area (Å²) in [6.07, 6.45) is 1.86. The van der Waals surface area contributed by atoms with E-state index in [0.29, 0.717) is 23.7 Å².